The normalized spacial score (nSPS) is 39.0. The molecule has 0 aliphatic carbocycles. The fourth-order valence-electron chi connectivity index (χ4n) is 4.96. The minimum Gasteiger partial charge on any atom is -0.726 e. The van der Waals surface area contributed by atoms with Crippen LogP contribution in [0.5, 0.6) is 0 Å². The number of ether oxygens (including phenoxy) is 5. The van der Waals surface area contributed by atoms with Crippen molar-refractivity contribution in [1.82, 2.24) is 9.44 Å². The molecule has 0 aromatic rings. The second-order valence-electron chi connectivity index (χ2n) is 9.91. The molecule has 0 aromatic carbocycles. The molecule has 3 saturated heterocycles. The maximum Gasteiger partial charge on any atom is 1.00 e. The van der Waals surface area contributed by atoms with Gasteiger partial charge in [0.2, 0.25) is 10.4 Å². The molecule has 6 unspecified atom stereocenters. The zero-order valence-electron chi connectivity index (χ0n) is 26.5. The van der Waals surface area contributed by atoms with E-state index in [4.69, 9.17) is 23.7 Å². The van der Waals surface area contributed by atoms with Crippen molar-refractivity contribution in [2.75, 3.05) is 13.2 Å². The van der Waals surface area contributed by atoms with Crippen molar-refractivity contribution in [1.29, 1.82) is 0 Å². The quantitative estimate of drug-likeness (QED) is 0.00961. The average molecular weight is 821 g/mol. The molecule has 0 bridgehead atoms. The second-order valence-corrected chi connectivity index (χ2v) is 12.0. The number of aliphatic hydroxyl groups is 6. The Hall–Kier alpha value is 2.28. The summed E-state index contributed by atoms with van der Waals surface area (Å²) >= 11 is 0.249. The molecule has 0 saturated carbocycles. The summed E-state index contributed by atoms with van der Waals surface area (Å²) in [5.74, 6) is -1.90. The Morgan fingerprint density at radius 2 is 1.30 bits per heavy atom. The number of nitrogens with one attached hydrogen (secondary N) is 2. The monoisotopic (exact) mass is 820 g/mol. The number of carboxylic acid groups (broad SMARTS) is 1. The Kier molecular flexibility index (Phi) is 25.9. The van der Waals surface area contributed by atoms with E-state index >= 15 is 0 Å². The molecule has 9 N–H and O–H groups in total. The first kappa shape index (κ1) is 52.3. The Labute approximate surface area is 358 Å². The second kappa shape index (κ2) is 24.8. The first-order valence-electron chi connectivity index (χ1n) is 13.0. The van der Waals surface area contributed by atoms with Crippen molar-refractivity contribution in [3.8, 4) is 0 Å². The van der Waals surface area contributed by atoms with E-state index in [2.05, 4.69) is 32.4 Å². The van der Waals surface area contributed by atoms with E-state index in [1.807, 2.05) is 0 Å². The van der Waals surface area contributed by atoms with E-state index in [9.17, 15) is 64.0 Å². The molecule has 25 nitrogen and oxygen atoms in total. The van der Waals surface area contributed by atoms with E-state index in [0.29, 0.717) is 0 Å². The molecule has 0 aromatic heterocycles. The Balaban J connectivity index is 0.00000800. The molecule has 3 aliphatic rings. The molecular weight excluding hydrogens is 789 g/mol. The summed E-state index contributed by atoms with van der Waals surface area (Å²) in [5.41, 5.74) is 0. The number of hydrogen-bond acceptors (Lipinski definition) is 26. The van der Waals surface area contributed by atoms with Crippen molar-refractivity contribution in [2.24, 2.45) is 0 Å². The predicted molar refractivity (Wildman–Crippen MR) is 135 cm³/mol. The van der Waals surface area contributed by atoms with Crippen molar-refractivity contribution in [3.05, 3.63) is 0 Å². The van der Waals surface area contributed by atoms with Crippen LogP contribution in [0.3, 0.4) is 0 Å². The van der Waals surface area contributed by atoms with E-state index in [1.165, 1.54) is 6.92 Å². The summed E-state index contributed by atoms with van der Waals surface area (Å²) in [6.07, 6.45) is -25.0. The molecule has 3 heterocycles. The van der Waals surface area contributed by atoms with E-state index in [0.717, 1.165) is 0 Å². The van der Waals surface area contributed by atoms with Crippen LogP contribution in [-0.4, -0.2) is 160 Å². The molecule has 31 heteroatoms. The molecule has 3 aliphatic heterocycles. The topological polar surface area (TPSA) is 378 Å². The smallest absolute Gasteiger partial charge is 0.726 e. The molecule has 3 rings (SSSR count). The van der Waals surface area contributed by atoms with Gasteiger partial charge in [-0.3, -0.25) is 14.3 Å². The molecule has 276 valence electrons. The van der Waals surface area contributed by atoms with E-state index < -0.39 is 121 Å². The number of carbonyl (C=O) groups is 1. The minimum atomic E-state index is -5.75. The standard InChI is InChI=1S/C19H34N2O23S3.3Na/c1-4-7(20-45-43-41-30)11(26)13(6(3-23)35-4)37-19-15(40-47(32,33)34)12(27)14(16(39-19)17(28)29)38-18-8(21-46-44-42-31)10(25)9(24)5(2-22)36-18;;;/h4-16,18-27,30-31H,2-3H2,1H3,(H,28,29)(H,32,33,34);;;/q;3*+1/p-3/t4-,5?,6?,7?,8?,9-,10+,11+,12-,13-,14+,15?,16?,18-,19+;;;/m0.../s1. The van der Waals surface area contributed by atoms with Gasteiger partial charge in [-0.05, 0) is 6.92 Å². The molecule has 0 radical (unpaired) electrons. The largest absolute Gasteiger partial charge is 1.00 e. The van der Waals surface area contributed by atoms with Gasteiger partial charge in [-0.2, -0.15) is 8.67 Å². The molecule has 0 amide bonds. The SMILES string of the molecule is C[C@@H]1OC(CO)[C@H](O[C@@H]2OC(C(=O)O)[C@H](O[C@@H]3OC(CO)[C@H](O)[C@H](O)C3NSOO[O-])[C@H](O)C2OS(=O)(=O)[O-])[C@H](O)C1NSOO[O-].[Na+].[Na+].[Na+]. The van der Waals surface area contributed by atoms with Crippen LogP contribution in [0.1, 0.15) is 6.92 Å². The maximum absolute atomic E-state index is 12.3. The molecule has 50 heavy (non-hydrogen) atoms. The van der Waals surface area contributed by atoms with Crippen LogP contribution in [0.2, 0.25) is 0 Å². The van der Waals surface area contributed by atoms with Crippen molar-refractivity contribution < 1.29 is 199 Å². The summed E-state index contributed by atoms with van der Waals surface area (Å²) in [7, 11) is -5.75. The average Bonchev–Trinajstić information content (AvgIpc) is 3.01. The van der Waals surface area contributed by atoms with Gasteiger partial charge in [0.25, 0.3) is 0 Å². The molecule has 0 spiro atoms. The van der Waals surface area contributed by atoms with Crippen LogP contribution in [0.25, 0.3) is 0 Å². The van der Waals surface area contributed by atoms with Crippen molar-refractivity contribution in [2.45, 2.75) is 98.7 Å². The van der Waals surface area contributed by atoms with Gasteiger partial charge in [-0.1, -0.05) is 0 Å². The van der Waals surface area contributed by atoms with Gasteiger partial charge in [0.1, 0.15) is 73.3 Å². The van der Waals surface area contributed by atoms with Crippen LogP contribution >= 0.6 is 24.5 Å². The summed E-state index contributed by atoms with van der Waals surface area (Å²) in [4.78, 5) is 12.3. The molecule has 3 fully saturated rings. The minimum absolute atomic E-state index is 0. The summed E-state index contributed by atoms with van der Waals surface area (Å²) in [5, 5.41) is 99.0. The van der Waals surface area contributed by atoms with Gasteiger partial charge >= 0.3 is 94.6 Å². The summed E-state index contributed by atoms with van der Waals surface area (Å²) in [6.45, 7) is -0.364. The Morgan fingerprint density at radius 1 is 0.760 bits per heavy atom. The fraction of sp³-hybridized carbons (Fsp3) is 0.947. The van der Waals surface area contributed by atoms with Crippen LogP contribution in [0.15, 0.2) is 0 Å². The van der Waals surface area contributed by atoms with Gasteiger partial charge < -0.3 is 74.5 Å². The zero-order valence-corrected chi connectivity index (χ0v) is 34.9. The zero-order chi connectivity index (χ0) is 35.1. The number of carboxylic acids is 1. The van der Waals surface area contributed by atoms with Crippen LogP contribution in [0, 0.1) is 0 Å². The third kappa shape index (κ3) is 14.0. The number of aliphatic carboxylic acids is 1. The van der Waals surface area contributed by atoms with E-state index in [-0.39, 0.29) is 113 Å². The van der Waals surface area contributed by atoms with Crippen molar-refractivity contribution in [3.63, 3.8) is 0 Å². The van der Waals surface area contributed by atoms with Crippen LogP contribution in [-0.2, 0) is 61.8 Å². The Morgan fingerprint density at radius 3 is 1.80 bits per heavy atom. The first-order valence-corrected chi connectivity index (χ1v) is 15.8. The Bertz CT molecular complexity index is 1100. The third-order valence-corrected chi connectivity index (χ3v) is 8.54. The number of hydrogen-bond donors (Lipinski definition) is 9. The summed E-state index contributed by atoms with van der Waals surface area (Å²) < 4.78 is 79.6. The van der Waals surface area contributed by atoms with Crippen molar-refractivity contribution >= 4 is 40.8 Å². The first-order chi connectivity index (χ1) is 22.2. The van der Waals surface area contributed by atoms with E-state index in [1.54, 1.807) is 0 Å². The van der Waals surface area contributed by atoms with Gasteiger partial charge in [0.05, 0.1) is 31.4 Å². The van der Waals surface area contributed by atoms with Crippen LogP contribution < -0.4 is 109 Å². The van der Waals surface area contributed by atoms with Gasteiger partial charge in [-0.25, -0.2) is 22.7 Å². The molecule has 15 atom stereocenters. The van der Waals surface area contributed by atoms with Crippen LogP contribution in [0.4, 0.5) is 0 Å². The summed E-state index contributed by atoms with van der Waals surface area (Å²) in [6, 6.07) is -2.85. The maximum atomic E-state index is 12.3. The van der Waals surface area contributed by atoms with Gasteiger partial charge in [0, 0.05) is 0 Å². The number of aliphatic hydroxyl groups excluding tert-OH is 6. The van der Waals surface area contributed by atoms with Gasteiger partial charge in [-0.15, -0.1) is 0 Å². The fourth-order valence-corrected chi connectivity index (χ4v) is 6.37. The third-order valence-electron chi connectivity index (χ3n) is 7.09. The van der Waals surface area contributed by atoms with Gasteiger partial charge in [0.15, 0.2) is 24.8 Å². The predicted octanol–water partition coefficient (Wildman–Crippen LogP) is -17.1. The number of rotatable bonds is 17. The molecular formula is C19H31N2Na3O23S3.